The minimum atomic E-state index is -0.00198. The van der Waals surface area contributed by atoms with Crippen molar-refractivity contribution in [2.45, 2.75) is 20.3 Å². The number of methoxy groups -OCH3 is 1. The number of likely N-dealkylation sites (N-methyl/N-ethyl adjacent to an activating group) is 1. The fourth-order valence-corrected chi connectivity index (χ4v) is 1.93. The molecule has 114 valence electrons. The third-order valence-corrected chi connectivity index (χ3v) is 3.17. The maximum Gasteiger partial charge on any atom is 0.254 e. The lowest BCUT2D eigenvalue weighted by molar-refractivity contribution is 0.0705. The highest BCUT2D eigenvalue weighted by molar-refractivity contribution is 5.96. The molecule has 4 heteroatoms. The molecular formula is C17H23NO3. The Morgan fingerprint density at radius 3 is 2.81 bits per heavy atom. The minimum absolute atomic E-state index is 0.00198. The number of aryl methyl sites for hydroxylation is 1. The number of nitrogens with zero attached hydrogens (tertiary/aromatic N) is 1. The Labute approximate surface area is 126 Å². The van der Waals surface area contributed by atoms with Crippen LogP contribution in [0.15, 0.2) is 18.2 Å². The maximum atomic E-state index is 12.6. The van der Waals surface area contributed by atoms with Crippen LogP contribution >= 0.6 is 0 Å². The lowest BCUT2D eigenvalue weighted by Crippen LogP contribution is -2.34. The van der Waals surface area contributed by atoms with Crippen LogP contribution in [0.3, 0.4) is 0 Å². The van der Waals surface area contributed by atoms with Gasteiger partial charge in [0.2, 0.25) is 0 Å². The van der Waals surface area contributed by atoms with Gasteiger partial charge in [-0.15, -0.1) is 0 Å². The third kappa shape index (κ3) is 5.22. The Balaban J connectivity index is 2.97. The normalized spacial score (nSPS) is 9.90. The molecule has 0 heterocycles. The van der Waals surface area contributed by atoms with Crippen LogP contribution in [-0.2, 0) is 4.74 Å². The summed E-state index contributed by atoms with van der Waals surface area (Å²) in [5.74, 6) is 5.83. The second-order valence-electron chi connectivity index (χ2n) is 4.68. The van der Waals surface area contributed by atoms with E-state index in [2.05, 4.69) is 11.8 Å². The predicted octanol–water partition coefficient (Wildman–Crippen LogP) is 1.84. The van der Waals surface area contributed by atoms with Gasteiger partial charge < -0.3 is 14.7 Å². The number of benzene rings is 1. The van der Waals surface area contributed by atoms with Gasteiger partial charge in [-0.1, -0.05) is 17.9 Å². The van der Waals surface area contributed by atoms with Crippen molar-refractivity contribution in [2.75, 3.05) is 33.4 Å². The summed E-state index contributed by atoms with van der Waals surface area (Å²) in [6.07, 6.45) is 0.437. The second kappa shape index (κ2) is 9.17. The van der Waals surface area contributed by atoms with Gasteiger partial charge in [0.15, 0.2) is 0 Å². The topological polar surface area (TPSA) is 49.8 Å². The van der Waals surface area contributed by atoms with Gasteiger partial charge in [-0.3, -0.25) is 4.79 Å². The van der Waals surface area contributed by atoms with Gasteiger partial charge in [0.05, 0.1) is 13.2 Å². The monoisotopic (exact) mass is 289 g/mol. The van der Waals surface area contributed by atoms with Crippen LogP contribution in [0, 0.1) is 18.8 Å². The van der Waals surface area contributed by atoms with E-state index in [4.69, 9.17) is 9.84 Å². The van der Waals surface area contributed by atoms with E-state index < -0.39 is 0 Å². The molecule has 0 fully saturated rings. The quantitative estimate of drug-likeness (QED) is 0.813. The van der Waals surface area contributed by atoms with E-state index in [-0.39, 0.29) is 12.5 Å². The molecule has 0 unspecified atom stereocenters. The van der Waals surface area contributed by atoms with Gasteiger partial charge in [0.1, 0.15) is 0 Å². The molecule has 1 amide bonds. The zero-order chi connectivity index (χ0) is 15.7. The minimum Gasteiger partial charge on any atom is -0.395 e. The SMILES string of the molecule is CCN(CCOC)C(=O)c1cc(C#CCCO)ccc1C. The highest BCUT2D eigenvalue weighted by atomic mass is 16.5. The molecule has 1 aromatic carbocycles. The summed E-state index contributed by atoms with van der Waals surface area (Å²) in [4.78, 5) is 14.3. The fraction of sp³-hybridized carbons (Fsp3) is 0.471. The molecule has 0 aromatic heterocycles. The van der Waals surface area contributed by atoms with Gasteiger partial charge in [0, 0.05) is 37.7 Å². The van der Waals surface area contributed by atoms with Crippen LogP contribution in [0.4, 0.5) is 0 Å². The average molecular weight is 289 g/mol. The zero-order valence-corrected chi connectivity index (χ0v) is 13.0. The Kier molecular flexibility index (Phi) is 7.52. The number of hydrogen-bond donors (Lipinski definition) is 1. The molecular weight excluding hydrogens is 266 g/mol. The Bertz CT molecular complexity index is 529. The van der Waals surface area contributed by atoms with Crippen molar-refractivity contribution in [3.8, 4) is 11.8 Å². The highest BCUT2D eigenvalue weighted by Crippen LogP contribution is 2.13. The Morgan fingerprint density at radius 2 is 2.19 bits per heavy atom. The summed E-state index contributed by atoms with van der Waals surface area (Å²) < 4.78 is 5.04. The van der Waals surface area contributed by atoms with Crippen molar-refractivity contribution < 1.29 is 14.6 Å². The molecule has 0 aliphatic carbocycles. The number of aliphatic hydroxyl groups is 1. The second-order valence-corrected chi connectivity index (χ2v) is 4.68. The third-order valence-electron chi connectivity index (χ3n) is 3.17. The molecule has 0 aliphatic rings. The molecule has 1 rings (SSSR count). The number of rotatable bonds is 6. The first kappa shape index (κ1) is 17.2. The zero-order valence-electron chi connectivity index (χ0n) is 13.0. The van der Waals surface area contributed by atoms with E-state index in [0.29, 0.717) is 31.7 Å². The number of aliphatic hydroxyl groups excluding tert-OH is 1. The van der Waals surface area contributed by atoms with E-state index in [0.717, 1.165) is 11.1 Å². The average Bonchev–Trinajstić information content (AvgIpc) is 2.49. The highest BCUT2D eigenvalue weighted by Gasteiger charge is 2.16. The van der Waals surface area contributed by atoms with Crippen LogP contribution < -0.4 is 0 Å². The van der Waals surface area contributed by atoms with Crippen molar-refractivity contribution >= 4 is 5.91 Å². The molecule has 1 aromatic rings. The number of amides is 1. The summed E-state index contributed by atoms with van der Waals surface area (Å²) in [6, 6.07) is 5.61. The summed E-state index contributed by atoms with van der Waals surface area (Å²) in [6.45, 7) is 5.66. The lowest BCUT2D eigenvalue weighted by atomic mass is 10.0. The van der Waals surface area contributed by atoms with Gasteiger partial charge in [-0.2, -0.15) is 0 Å². The fourth-order valence-electron chi connectivity index (χ4n) is 1.93. The van der Waals surface area contributed by atoms with Gasteiger partial charge in [-0.05, 0) is 31.5 Å². The standard InChI is InChI=1S/C17H23NO3/c1-4-18(10-12-21-3)17(20)16-13-15(7-5-6-11-19)9-8-14(16)2/h8-9,13,19H,4,6,10-12H2,1-3H3. The number of carbonyl (C=O) groups is 1. The first-order valence-electron chi connectivity index (χ1n) is 7.12. The summed E-state index contributed by atoms with van der Waals surface area (Å²) in [5.41, 5.74) is 2.40. The predicted molar refractivity (Wildman–Crippen MR) is 83.2 cm³/mol. The summed E-state index contributed by atoms with van der Waals surface area (Å²) in [7, 11) is 1.63. The van der Waals surface area contributed by atoms with Gasteiger partial charge >= 0.3 is 0 Å². The molecule has 4 nitrogen and oxygen atoms in total. The molecule has 1 N–H and O–H groups in total. The number of carbonyl (C=O) groups excluding carboxylic acids is 1. The van der Waals surface area contributed by atoms with Crippen LogP contribution in [-0.4, -0.2) is 49.3 Å². The summed E-state index contributed by atoms with van der Waals surface area (Å²) in [5, 5.41) is 8.74. The number of ether oxygens (including phenoxy) is 1. The van der Waals surface area contributed by atoms with E-state index >= 15 is 0 Å². The van der Waals surface area contributed by atoms with Gasteiger partial charge in [0.25, 0.3) is 5.91 Å². The van der Waals surface area contributed by atoms with E-state index in [1.54, 1.807) is 12.0 Å². The van der Waals surface area contributed by atoms with Crippen LogP contribution in [0.5, 0.6) is 0 Å². The molecule has 0 saturated heterocycles. The Morgan fingerprint density at radius 1 is 1.43 bits per heavy atom. The summed E-state index contributed by atoms with van der Waals surface area (Å²) >= 11 is 0. The Hall–Kier alpha value is -1.83. The van der Waals surface area contributed by atoms with Gasteiger partial charge in [-0.25, -0.2) is 0 Å². The van der Waals surface area contributed by atoms with Crippen LogP contribution in [0.1, 0.15) is 34.8 Å². The van der Waals surface area contributed by atoms with Crippen molar-refractivity contribution in [3.63, 3.8) is 0 Å². The molecule has 0 spiro atoms. The first-order chi connectivity index (χ1) is 10.1. The number of hydrogen-bond acceptors (Lipinski definition) is 3. The molecule has 0 aliphatic heterocycles. The van der Waals surface area contributed by atoms with Crippen LogP contribution in [0.2, 0.25) is 0 Å². The van der Waals surface area contributed by atoms with Crippen molar-refractivity contribution in [2.24, 2.45) is 0 Å². The van der Waals surface area contributed by atoms with E-state index in [1.165, 1.54) is 0 Å². The molecule has 21 heavy (non-hydrogen) atoms. The molecule has 0 radical (unpaired) electrons. The molecule has 0 atom stereocenters. The first-order valence-corrected chi connectivity index (χ1v) is 7.12. The molecule has 0 saturated carbocycles. The van der Waals surface area contributed by atoms with Crippen molar-refractivity contribution in [3.05, 3.63) is 34.9 Å². The van der Waals surface area contributed by atoms with Crippen LogP contribution in [0.25, 0.3) is 0 Å². The van der Waals surface area contributed by atoms with E-state index in [1.807, 2.05) is 32.0 Å². The van der Waals surface area contributed by atoms with E-state index in [9.17, 15) is 4.79 Å². The van der Waals surface area contributed by atoms with Crippen molar-refractivity contribution in [1.82, 2.24) is 4.90 Å². The smallest absolute Gasteiger partial charge is 0.254 e. The molecule has 0 bridgehead atoms. The maximum absolute atomic E-state index is 12.6. The van der Waals surface area contributed by atoms with Crippen molar-refractivity contribution in [1.29, 1.82) is 0 Å². The lowest BCUT2D eigenvalue weighted by Gasteiger charge is -2.21. The largest absolute Gasteiger partial charge is 0.395 e.